The zero-order valence-corrected chi connectivity index (χ0v) is 21.7. The number of aromatic hydroxyl groups is 1. The number of nitrogens with one attached hydrogen (secondary N) is 1. The molecule has 0 aromatic heterocycles. The highest BCUT2D eigenvalue weighted by molar-refractivity contribution is 9.09. The zero-order chi connectivity index (χ0) is 25.4. The minimum absolute atomic E-state index is 0.129. The third-order valence-corrected chi connectivity index (χ3v) is 9.61. The lowest BCUT2D eigenvalue weighted by Crippen LogP contribution is -2.60. The topological polar surface area (TPSA) is 122 Å². The second-order valence-corrected chi connectivity index (χ2v) is 10.8. The van der Waals surface area contributed by atoms with E-state index in [1.54, 1.807) is 6.08 Å². The number of nitrogens with zero attached hydrogens (tertiary/aromatic N) is 1. The monoisotopic (exact) mass is 586 g/mol. The number of allylic oxidation sites excluding steroid dienone is 2. The number of hydrogen-bond acceptors (Lipinski definition) is 7. The normalized spacial score (nSPS) is 35.8. The first-order valence-electron chi connectivity index (χ1n) is 10.8. The number of alkyl halides is 3. The van der Waals surface area contributed by atoms with Gasteiger partial charge in [0.25, 0.3) is 11.8 Å². The first-order valence-corrected chi connectivity index (χ1v) is 12.7. The van der Waals surface area contributed by atoms with Gasteiger partial charge < -0.3 is 14.6 Å². The molecule has 6 atom stereocenters. The van der Waals surface area contributed by atoms with E-state index in [1.807, 2.05) is 0 Å². The van der Waals surface area contributed by atoms with Crippen molar-refractivity contribution < 1.29 is 33.8 Å². The van der Waals surface area contributed by atoms with Crippen LogP contribution in [0.4, 0.5) is 0 Å². The number of carbonyl (C=O) groups is 4. The maximum Gasteiger partial charge on any atom is 0.254 e. The summed E-state index contributed by atoms with van der Waals surface area (Å²) in [5.74, 6) is -5.32. The summed E-state index contributed by atoms with van der Waals surface area (Å²) in [4.78, 5) is 49.4. The Labute approximate surface area is 218 Å². The van der Waals surface area contributed by atoms with E-state index < -0.39 is 51.1 Å². The van der Waals surface area contributed by atoms with Crippen LogP contribution in [0.5, 0.6) is 17.2 Å². The van der Waals surface area contributed by atoms with Crippen LogP contribution in [0.15, 0.2) is 23.8 Å². The molecule has 1 aromatic carbocycles. The van der Waals surface area contributed by atoms with Crippen LogP contribution in [-0.2, 0) is 19.2 Å². The maximum atomic E-state index is 13.7. The van der Waals surface area contributed by atoms with Crippen molar-refractivity contribution in [3.63, 3.8) is 0 Å². The van der Waals surface area contributed by atoms with Crippen LogP contribution in [0.25, 0.3) is 0 Å². The predicted octanol–water partition coefficient (Wildman–Crippen LogP) is 2.41. The minimum atomic E-state index is -2.03. The fourth-order valence-corrected chi connectivity index (χ4v) is 7.55. The number of ether oxygens (including phenoxy) is 2. The summed E-state index contributed by atoms with van der Waals surface area (Å²) < 4.78 is 10.8. The molecule has 2 saturated heterocycles. The van der Waals surface area contributed by atoms with E-state index in [-0.39, 0.29) is 41.3 Å². The summed E-state index contributed by atoms with van der Waals surface area (Å²) in [5.41, 5.74) is 0.560. The Bertz CT molecular complexity index is 1220. The van der Waals surface area contributed by atoms with E-state index in [9.17, 15) is 24.3 Å². The van der Waals surface area contributed by atoms with Crippen molar-refractivity contribution in [2.75, 3.05) is 19.7 Å². The van der Waals surface area contributed by atoms with Gasteiger partial charge in [0.2, 0.25) is 11.8 Å². The van der Waals surface area contributed by atoms with Crippen LogP contribution in [-0.4, -0.2) is 63.1 Å². The standard InChI is InChI=1S/C23H21BrCl2N2O7/c1-34-9-5-13(29)16(14(6-9)35-2)17-10-3-4-11-15(19(31)27-18(11)30)12(10)7-22(25)20(32)28(8-24)21(33)23(17,22)26/h3,5-6,11-12,15,17,29H,4,7-8H2,1-2H3,(H,27,30,31). The van der Waals surface area contributed by atoms with E-state index in [0.29, 0.717) is 11.3 Å². The summed E-state index contributed by atoms with van der Waals surface area (Å²) in [5, 5.41) is 13.5. The van der Waals surface area contributed by atoms with Gasteiger partial charge in [0, 0.05) is 23.6 Å². The molecule has 6 unspecified atom stereocenters. The molecule has 1 saturated carbocycles. The van der Waals surface area contributed by atoms with Crippen LogP contribution in [0, 0.1) is 17.8 Å². The molecule has 2 aliphatic carbocycles. The van der Waals surface area contributed by atoms with E-state index >= 15 is 0 Å². The number of benzene rings is 1. The fourth-order valence-electron chi connectivity index (χ4n) is 6.15. The molecule has 1 aromatic rings. The molecule has 2 heterocycles. The quantitative estimate of drug-likeness (QED) is 0.240. The van der Waals surface area contributed by atoms with Gasteiger partial charge >= 0.3 is 0 Å². The molecule has 0 radical (unpaired) electrons. The average Bonchev–Trinajstić information content (AvgIpc) is 3.20. The predicted molar refractivity (Wildman–Crippen MR) is 128 cm³/mol. The molecular formula is C23H21BrCl2N2O7. The van der Waals surface area contributed by atoms with Gasteiger partial charge in [-0.1, -0.05) is 27.6 Å². The molecule has 9 nitrogen and oxygen atoms in total. The molecule has 0 bridgehead atoms. The molecule has 2 N–H and O–H groups in total. The Morgan fingerprint density at radius 3 is 2.46 bits per heavy atom. The van der Waals surface area contributed by atoms with Crippen molar-refractivity contribution in [1.29, 1.82) is 0 Å². The van der Waals surface area contributed by atoms with E-state index in [0.717, 1.165) is 4.90 Å². The van der Waals surface area contributed by atoms with Crippen LogP contribution < -0.4 is 14.8 Å². The number of rotatable bonds is 4. The van der Waals surface area contributed by atoms with Gasteiger partial charge in [-0.3, -0.25) is 29.4 Å². The van der Waals surface area contributed by atoms with Crippen molar-refractivity contribution in [2.45, 2.75) is 28.5 Å². The fraction of sp³-hybridized carbons (Fsp3) is 0.478. The Morgan fingerprint density at radius 1 is 1.11 bits per heavy atom. The zero-order valence-electron chi connectivity index (χ0n) is 18.6. The Balaban J connectivity index is 1.81. The third-order valence-electron chi connectivity index (χ3n) is 7.70. The molecule has 3 fully saturated rings. The first-order chi connectivity index (χ1) is 16.5. The summed E-state index contributed by atoms with van der Waals surface area (Å²) in [6.07, 6.45) is 1.87. The number of likely N-dealkylation sites (tertiary alicyclic amines) is 1. The van der Waals surface area contributed by atoms with Gasteiger partial charge in [-0.25, -0.2) is 0 Å². The SMILES string of the molecule is COc1cc(O)c(C2C3=CCC4C(=O)NC(=O)C4C3CC3(Cl)C(=O)N(CBr)C(=O)C23Cl)c(OC)c1. The Hall–Kier alpha value is -2.30. The van der Waals surface area contributed by atoms with Gasteiger partial charge in [0.15, 0.2) is 9.75 Å². The van der Waals surface area contributed by atoms with Gasteiger partial charge in [0.05, 0.1) is 31.5 Å². The van der Waals surface area contributed by atoms with Crippen molar-refractivity contribution >= 4 is 62.8 Å². The van der Waals surface area contributed by atoms with Crippen LogP contribution >= 0.6 is 39.1 Å². The summed E-state index contributed by atoms with van der Waals surface area (Å²) in [7, 11) is 2.80. The highest BCUT2D eigenvalue weighted by Crippen LogP contribution is 2.66. The summed E-state index contributed by atoms with van der Waals surface area (Å²) in [6, 6.07) is 2.87. The van der Waals surface area contributed by atoms with Crippen LogP contribution in [0.2, 0.25) is 0 Å². The molecule has 4 amide bonds. The van der Waals surface area contributed by atoms with Crippen molar-refractivity contribution in [2.24, 2.45) is 17.8 Å². The summed E-state index contributed by atoms with van der Waals surface area (Å²) >= 11 is 17.4. The molecule has 35 heavy (non-hydrogen) atoms. The van der Waals surface area contributed by atoms with Crippen molar-refractivity contribution in [1.82, 2.24) is 10.2 Å². The lowest BCUT2D eigenvalue weighted by Gasteiger charge is -2.50. The number of fused-ring (bicyclic) bond motifs is 4. The van der Waals surface area contributed by atoms with Gasteiger partial charge in [-0.2, -0.15) is 0 Å². The third kappa shape index (κ3) is 2.99. The molecule has 12 heteroatoms. The maximum absolute atomic E-state index is 13.7. The minimum Gasteiger partial charge on any atom is -0.507 e. The molecule has 5 rings (SSSR count). The molecule has 4 aliphatic rings. The number of phenols is 1. The van der Waals surface area contributed by atoms with Gasteiger partial charge in [0.1, 0.15) is 17.2 Å². The Morgan fingerprint density at radius 2 is 1.83 bits per heavy atom. The highest BCUT2D eigenvalue weighted by atomic mass is 79.9. The van der Waals surface area contributed by atoms with Gasteiger partial charge in [-0.15, -0.1) is 23.2 Å². The number of phenolic OH excluding ortho intramolecular Hbond substituents is 1. The molecular weight excluding hydrogens is 567 g/mol. The number of amides is 4. The van der Waals surface area contributed by atoms with E-state index in [2.05, 4.69) is 21.2 Å². The van der Waals surface area contributed by atoms with Gasteiger partial charge in [-0.05, 0) is 18.8 Å². The number of halogens is 3. The first kappa shape index (κ1) is 24.4. The highest BCUT2D eigenvalue weighted by Gasteiger charge is 2.76. The number of methoxy groups -OCH3 is 2. The van der Waals surface area contributed by atoms with Crippen molar-refractivity contribution in [3.8, 4) is 17.2 Å². The smallest absolute Gasteiger partial charge is 0.254 e. The van der Waals surface area contributed by atoms with Crippen molar-refractivity contribution in [3.05, 3.63) is 29.3 Å². The lowest BCUT2D eigenvalue weighted by atomic mass is 9.56. The number of carbonyl (C=O) groups excluding carboxylic acids is 4. The molecule has 0 spiro atoms. The van der Waals surface area contributed by atoms with Crippen LogP contribution in [0.1, 0.15) is 24.3 Å². The second-order valence-electron chi connectivity index (χ2n) is 9.10. The molecule has 186 valence electrons. The number of hydrogen-bond donors (Lipinski definition) is 2. The second kappa shape index (κ2) is 8.11. The Kier molecular flexibility index (Phi) is 5.65. The average molecular weight is 588 g/mol. The largest absolute Gasteiger partial charge is 0.507 e. The van der Waals surface area contributed by atoms with E-state index in [4.69, 9.17) is 32.7 Å². The summed E-state index contributed by atoms with van der Waals surface area (Å²) in [6.45, 7) is 0. The lowest BCUT2D eigenvalue weighted by molar-refractivity contribution is -0.138. The molecule has 2 aliphatic heterocycles. The number of imide groups is 2. The van der Waals surface area contributed by atoms with E-state index in [1.165, 1.54) is 26.4 Å². The van der Waals surface area contributed by atoms with Crippen LogP contribution in [0.3, 0.4) is 0 Å².